The third kappa shape index (κ3) is 2.39. The van der Waals surface area contributed by atoms with Gasteiger partial charge in [-0.1, -0.05) is 0 Å². The molecule has 0 aliphatic heterocycles. The molecule has 0 saturated carbocycles. The van der Waals surface area contributed by atoms with Crippen molar-refractivity contribution in [2.75, 3.05) is 25.0 Å². The summed E-state index contributed by atoms with van der Waals surface area (Å²) in [5.41, 5.74) is 7.35. The highest BCUT2D eigenvalue weighted by Crippen LogP contribution is 2.12. The van der Waals surface area contributed by atoms with Crippen LogP contribution in [0, 0.1) is 13.8 Å². The summed E-state index contributed by atoms with van der Waals surface area (Å²) in [4.78, 5) is 10.7. The fourth-order valence-electron chi connectivity index (χ4n) is 1.19. The minimum absolute atomic E-state index is 0.631. The molecule has 1 aromatic rings. The number of anilines is 1. The van der Waals surface area contributed by atoms with Gasteiger partial charge in [-0.25, -0.2) is 4.98 Å². The van der Waals surface area contributed by atoms with Gasteiger partial charge in [0.25, 0.3) is 0 Å². The van der Waals surface area contributed by atoms with Gasteiger partial charge in [-0.3, -0.25) is 4.98 Å². The van der Waals surface area contributed by atoms with Gasteiger partial charge in [-0.05, 0) is 13.8 Å². The number of hydrogen-bond acceptors (Lipinski definition) is 4. The van der Waals surface area contributed by atoms with E-state index in [1.165, 1.54) is 0 Å². The Morgan fingerprint density at radius 1 is 1.46 bits per heavy atom. The molecule has 0 spiro atoms. The van der Waals surface area contributed by atoms with Crippen molar-refractivity contribution in [1.29, 1.82) is 0 Å². The Kier molecular flexibility index (Phi) is 3.19. The lowest BCUT2D eigenvalue weighted by Gasteiger charge is -2.18. The highest BCUT2D eigenvalue weighted by Gasteiger charge is 2.06. The molecule has 0 atom stereocenters. The molecule has 1 aromatic heterocycles. The third-order valence-corrected chi connectivity index (χ3v) is 1.88. The number of aromatic nitrogens is 2. The van der Waals surface area contributed by atoms with E-state index in [0.29, 0.717) is 6.54 Å². The molecule has 2 N–H and O–H groups in total. The second-order valence-corrected chi connectivity index (χ2v) is 3.13. The number of rotatable bonds is 3. The molecule has 4 heteroatoms. The van der Waals surface area contributed by atoms with Crippen molar-refractivity contribution in [3.63, 3.8) is 0 Å². The van der Waals surface area contributed by atoms with Gasteiger partial charge >= 0.3 is 0 Å². The van der Waals surface area contributed by atoms with Gasteiger partial charge < -0.3 is 10.6 Å². The van der Waals surface area contributed by atoms with E-state index in [-0.39, 0.29) is 0 Å². The van der Waals surface area contributed by atoms with Crippen LogP contribution in [0.4, 0.5) is 5.82 Å². The topological polar surface area (TPSA) is 55.0 Å². The fourth-order valence-corrected chi connectivity index (χ4v) is 1.19. The second kappa shape index (κ2) is 4.18. The summed E-state index contributed by atoms with van der Waals surface area (Å²) in [6.45, 7) is 5.32. The number of likely N-dealkylation sites (N-methyl/N-ethyl adjacent to an activating group) is 1. The van der Waals surface area contributed by atoms with E-state index in [9.17, 15) is 0 Å². The molecule has 0 fully saturated rings. The fraction of sp³-hybridized carbons (Fsp3) is 0.556. The van der Waals surface area contributed by atoms with Crippen LogP contribution in [0.25, 0.3) is 0 Å². The van der Waals surface area contributed by atoms with Crippen LogP contribution >= 0.6 is 0 Å². The molecule has 0 unspecified atom stereocenters. The third-order valence-electron chi connectivity index (χ3n) is 1.88. The lowest BCUT2D eigenvalue weighted by Crippen LogP contribution is -2.26. The van der Waals surface area contributed by atoms with Crippen molar-refractivity contribution in [2.45, 2.75) is 13.8 Å². The summed E-state index contributed by atoms with van der Waals surface area (Å²) in [5, 5.41) is 0. The number of nitrogens with zero attached hydrogens (tertiary/aromatic N) is 3. The van der Waals surface area contributed by atoms with Crippen molar-refractivity contribution in [1.82, 2.24) is 9.97 Å². The first-order valence-electron chi connectivity index (χ1n) is 4.36. The average Bonchev–Trinajstić information content (AvgIpc) is 2.09. The summed E-state index contributed by atoms with van der Waals surface area (Å²) in [6.07, 6.45) is 1.77. The zero-order chi connectivity index (χ0) is 9.84. The first kappa shape index (κ1) is 9.92. The summed E-state index contributed by atoms with van der Waals surface area (Å²) < 4.78 is 0. The van der Waals surface area contributed by atoms with E-state index < -0.39 is 0 Å². The van der Waals surface area contributed by atoms with Gasteiger partial charge in [0.05, 0.1) is 11.4 Å². The standard InChI is InChI=1S/C9H16N4/c1-7-6-11-8(2)9(12-7)13(3)5-4-10/h6H,4-5,10H2,1-3H3. The first-order valence-corrected chi connectivity index (χ1v) is 4.36. The molecule has 0 aliphatic rings. The van der Waals surface area contributed by atoms with Crippen molar-refractivity contribution >= 4 is 5.82 Å². The van der Waals surface area contributed by atoms with Crippen LogP contribution in [0.2, 0.25) is 0 Å². The van der Waals surface area contributed by atoms with E-state index in [0.717, 1.165) is 23.8 Å². The Morgan fingerprint density at radius 3 is 2.77 bits per heavy atom. The molecule has 0 amide bonds. The Hall–Kier alpha value is -1.16. The van der Waals surface area contributed by atoms with Crippen LogP contribution in [-0.4, -0.2) is 30.1 Å². The van der Waals surface area contributed by atoms with Crippen molar-refractivity contribution in [2.24, 2.45) is 5.73 Å². The van der Waals surface area contributed by atoms with Gasteiger partial charge in [0.15, 0.2) is 0 Å². The minimum atomic E-state index is 0.631. The SMILES string of the molecule is Cc1cnc(C)c(N(C)CCN)n1. The van der Waals surface area contributed by atoms with Crippen LogP contribution < -0.4 is 10.6 Å². The summed E-state index contributed by atoms with van der Waals surface area (Å²) in [5.74, 6) is 0.922. The van der Waals surface area contributed by atoms with Crippen LogP contribution in [0.1, 0.15) is 11.4 Å². The molecule has 4 nitrogen and oxygen atoms in total. The molecule has 0 saturated heterocycles. The molecule has 0 aromatic carbocycles. The molecule has 13 heavy (non-hydrogen) atoms. The van der Waals surface area contributed by atoms with Crippen molar-refractivity contribution < 1.29 is 0 Å². The molecule has 0 aliphatic carbocycles. The minimum Gasteiger partial charge on any atom is -0.357 e. The Labute approximate surface area is 78.8 Å². The monoisotopic (exact) mass is 180 g/mol. The second-order valence-electron chi connectivity index (χ2n) is 3.13. The highest BCUT2D eigenvalue weighted by molar-refractivity contribution is 5.42. The smallest absolute Gasteiger partial charge is 0.150 e. The van der Waals surface area contributed by atoms with Crippen LogP contribution in [-0.2, 0) is 0 Å². The summed E-state index contributed by atoms with van der Waals surface area (Å²) in [7, 11) is 1.98. The molecule has 1 heterocycles. The molecular weight excluding hydrogens is 164 g/mol. The lowest BCUT2D eigenvalue weighted by atomic mass is 10.4. The molecular formula is C9H16N4. The van der Waals surface area contributed by atoms with E-state index in [4.69, 9.17) is 5.73 Å². The highest BCUT2D eigenvalue weighted by atomic mass is 15.2. The molecule has 0 radical (unpaired) electrons. The maximum atomic E-state index is 5.47. The molecule has 1 rings (SSSR count). The lowest BCUT2D eigenvalue weighted by molar-refractivity contribution is 0.849. The van der Waals surface area contributed by atoms with Crippen molar-refractivity contribution in [3.05, 3.63) is 17.6 Å². The zero-order valence-corrected chi connectivity index (χ0v) is 8.41. The normalized spacial score (nSPS) is 10.2. The molecule has 72 valence electrons. The van der Waals surface area contributed by atoms with Gasteiger partial charge in [0.1, 0.15) is 5.82 Å². The predicted molar refractivity (Wildman–Crippen MR) is 53.8 cm³/mol. The zero-order valence-electron chi connectivity index (χ0n) is 8.41. The van der Waals surface area contributed by atoms with Crippen molar-refractivity contribution in [3.8, 4) is 0 Å². The van der Waals surface area contributed by atoms with Gasteiger partial charge in [0, 0.05) is 26.3 Å². The van der Waals surface area contributed by atoms with Gasteiger partial charge in [0.2, 0.25) is 0 Å². The van der Waals surface area contributed by atoms with E-state index >= 15 is 0 Å². The molecule has 0 bridgehead atoms. The average molecular weight is 180 g/mol. The van der Waals surface area contributed by atoms with E-state index in [1.54, 1.807) is 6.20 Å². The van der Waals surface area contributed by atoms with E-state index in [2.05, 4.69) is 9.97 Å². The predicted octanol–water partition coefficient (Wildman–Crippen LogP) is 0.488. The van der Waals surface area contributed by atoms with E-state index in [1.807, 2.05) is 25.8 Å². The van der Waals surface area contributed by atoms with Crippen LogP contribution in [0.5, 0.6) is 0 Å². The Bertz CT molecular complexity index is 285. The summed E-state index contributed by atoms with van der Waals surface area (Å²) in [6, 6.07) is 0. The van der Waals surface area contributed by atoms with Gasteiger partial charge in [-0.2, -0.15) is 0 Å². The Morgan fingerprint density at radius 2 is 2.15 bits per heavy atom. The maximum Gasteiger partial charge on any atom is 0.150 e. The number of nitrogens with two attached hydrogens (primary N) is 1. The summed E-state index contributed by atoms with van der Waals surface area (Å²) >= 11 is 0. The quantitative estimate of drug-likeness (QED) is 0.735. The first-order chi connectivity index (χ1) is 6.15. The number of aryl methyl sites for hydroxylation is 2. The Balaban J connectivity index is 2.91. The van der Waals surface area contributed by atoms with Crippen LogP contribution in [0.15, 0.2) is 6.20 Å². The largest absolute Gasteiger partial charge is 0.357 e. The maximum absolute atomic E-state index is 5.47. The van der Waals surface area contributed by atoms with Crippen LogP contribution in [0.3, 0.4) is 0 Å². The number of hydrogen-bond donors (Lipinski definition) is 1. The van der Waals surface area contributed by atoms with Gasteiger partial charge in [-0.15, -0.1) is 0 Å².